The van der Waals surface area contributed by atoms with Crippen molar-refractivity contribution in [2.24, 2.45) is 0 Å². The van der Waals surface area contributed by atoms with Gasteiger partial charge in [0.25, 0.3) is 0 Å². The second-order valence-electron chi connectivity index (χ2n) is 12.0. The molecule has 1 fully saturated rings. The summed E-state index contributed by atoms with van der Waals surface area (Å²) in [6.45, 7) is 3.55. The van der Waals surface area contributed by atoms with Crippen LogP contribution < -0.4 is 0 Å². The van der Waals surface area contributed by atoms with Crippen molar-refractivity contribution in [1.29, 1.82) is 0 Å². The van der Waals surface area contributed by atoms with Gasteiger partial charge in [-0.1, -0.05) is 108 Å². The largest absolute Gasteiger partial charge is 0.458 e. The molecule has 0 aromatic rings. The highest BCUT2D eigenvalue weighted by Gasteiger charge is 2.44. The smallest absolute Gasteiger partial charge is 0.303 e. The topological polar surface area (TPSA) is 135 Å². The SMILES string of the molecule is CCCCCCC/C=C\C/C=C\CCCCCCCCCCCCOCC(COC1OC(CO)C(O)C(O)C1O)OC(C)=O. The number of aliphatic hydroxyl groups excluding tert-OH is 4. The van der Waals surface area contributed by atoms with E-state index in [1.54, 1.807) is 0 Å². The Balaban J connectivity index is 1.97. The first-order valence-corrected chi connectivity index (χ1v) is 17.4. The van der Waals surface area contributed by atoms with Crippen LogP contribution in [0.1, 0.15) is 129 Å². The molecule has 1 heterocycles. The van der Waals surface area contributed by atoms with Gasteiger partial charge >= 0.3 is 5.97 Å². The molecule has 0 radical (unpaired) electrons. The van der Waals surface area contributed by atoms with Gasteiger partial charge in [0, 0.05) is 13.5 Å². The van der Waals surface area contributed by atoms with Crippen LogP contribution in [0.3, 0.4) is 0 Å². The van der Waals surface area contributed by atoms with Crippen molar-refractivity contribution in [3.63, 3.8) is 0 Å². The minimum Gasteiger partial charge on any atom is -0.458 e. The molecule has 1 saturated heterocycles. The zero-order valence-electron chi connectivity index (χ0n) is 27.7. The fourth-order valence-corrected chi connectivity index (χ4v) is 5.23. The second-order valence-corrected chi connectivity index (χ2v) is 12.0. The zero-order valence-corrected chi connectivity index (χ0v) is 27.7. The summed E-state index contributed by atoms with van der Waals surface area (Å²) in [5.74, 6) is -0.491. The quantitative estimate of drug-likeness (QED) is 0.0474. The Bertz CT molecular complexity index is 727. The molecule has 9 heteroatoms. The summed E-state index contributed by atoms with van der Waals surface area (Å²) in [6, 6.07) is 0. The van der Waals surface area contributed by atoms with E-state index in [0.717, 1.165) is 19.3 Å². The highest BCUT2D eigenvalue weighted by molar-refractivity contribution is 5.66. The van der Waals surface area contributed by atoms with Crippen LogP contribution in [0, 0.1) is 0 Å². The van der Waals surface area contributed by atoms with Crippen LogP contribution in [0.5, 0.6) is 0 Å². The summed E-state index contributed by atoms with van der Waals surface area (Å²) in [5.41, 5.74) is 0. The zero-order chi connectivity index (χ0) is 32.3. The van der Waals surface area contributed by atoms with Crippen molar-refractivity contribution in [2.45, 2.75) is 166 Å². The maximum atomic E-state index is 11.5. The van der Waals surface area contributed by atoms with E-state index in [0.29, 0.717) is 6.61 Å². The summed E-state index contributed by atoms with van der Waals surface area (Å²) in [4.78, 5) is 11.5. The number of aliphatic hydroxyl groups is 4. The van der Waals surface area contributed by atoms with Gasteiger partial charge in [-0.25, -0.2) is 0 Å². The van der Waals surface area contributed by atoms with Gasteiger partial charge in [-0.3, -0.25) is 4.79 Å². The van der Waals surface area contributed by atoms with Crippen LogP contribution in [0.15, 0.2) is 24.3 Å². The molecular formula is C35H64O9. The summed E-state index contributed by atoms with van der Waals surface area (Å²) >= 11 is 0. The van der Waals surface area contributed by atoms with Crippen LogP contribution in [-0.4, -0.2) is 89.6 Å². The predicted octanol–water partition coefficient (Wildman–Crippen LogP) is 5.91. The standard InChI is InChI=1S/C35H64O9/c1-3-4-5-6-7-8-9-10-11-12-13-14-15-16-17-18-19-20-21-22-23-24-25-41-27-30(43-29(2)37)28-42-35-34(40)33(39)32(38)31(26-36)44-35/h9-10,12-13,30-36,38-40H,3-8,11,14-28H2,1-2H3/b10-9-,13-12-. The van der Waals surface area contributed by atoms with Crippen LogP contribution >= 0.6 is 0 Å². The number of rotatable bonds is 28. The third kappa shape index (κ3) is 20.7. The van der Waals surface area contributed by atoms with Gasteiger partial charge in [0.1, 0.15) is 30.5 Å². The lowest BCUT2D eigenvalue weighted by Crippen LogP contribution is -2.59. The fraction of sp³-hybridized carbons (Fsp3) is 0.857. The molecule has 0 aromatic heterocycles. The average molecular weight is 629 g/mol. The Kier molecular flexibility index (Phi) is 25.8. The Morgan fingerprint density at radius 3 is 1.82 bits per heavy atom. The van der Waals surface area contributed by atoms with Gasteiger partial charge < -0.3 is 39.4 Å². The van der Waals surface area contributed by atoms with Gasteiger partial charge in [-0.15, -0.1) is 0 Å². The third-order valence-corrected chi connectivity index (χ3v) is 7.92. The van der Waals surface area contributed by atoms with E-state index in [9.17, 15) is 25.2 Å². The van der Waals surface area contributed by atoms with Crippen LogP contribution in [0.2, 0.25) is 0 Å². The molecule has 258 valence electrons. The molecule has 0 aromatic carbocycles. The fourth-order valence-electron chi connectivity index (χ4n) is 5.23. The third-order valence-electron chi connectivity index (χ3n) is 7.92. The maximum Gasteiger partial charge on any atom is 0.303 e. The molecule has 1 aliphatic rings. The molecule has 1 rings (SSSR count). The predicted molar refractivity (Wildman–Crippen MR) is 173 cm³/mol. The molecule has 0 aliphatic carbocycles. The van der Waals surface area contributed by atoms with Crippen molar-refractivity contribution in [3.8, 4) is 0 Å². The summed E-state index contributed by atoms with van der Waals surface area (Å²) in [5, 5.41) is 39.2. The number of ether oxygens (including phenoxy) is 4. The van der Waals surface area contributed by atoms with Crippen LogP contribution in [0.25, 0.3) is 0 Å². The Morgan fingerprint density at radius 2 is 1.27 bits per heavy atom. The van der Waals surface area contributed by atoms with Gasteiger partial charge in [0.2, 0.25) is 0 Å². The van der Waals surface area contributed by atoms with Crippen LogP contribution in [-0.2, 0) is 23.7 Å². The minimum absolute atomic E-state index is 0.128. The number of carbonyl (C=O) groups is 1. The molecule has 1 aliphatic heterocycles. The molecule has 0 bridgehead atoms. The van der Waals surface area contributed by atoms with E-state index >= 15 is 0 Å². The summed E-state index contributed by atoms with van der Waals surface area (Å²) in [7, 11) is 0. The van der Waals surface area contributed by atoms with Crippen molar-refractivity contribution in [3.05, 3.63) is 24.3 Å². The summed E-state index contributed by atoms with van der Waals surface area (Å²) in [6.07, 6.45) is 24.2. The Morgan fingerprint density at radius 1 is 0.727 bits per heavy atom. The molecule has 0 saturated carbocycles. The van der Waals surface area contributed by atoms with Crippen molar-refractivity contribution in [2.75, 3.05) is 26.4 Å². The lowest BCUT2D eigenvalue weighted by Gasteiger charge is -2.39. The van der Waals surface area contributed by atoms with Gasteiger partial charge in [0.05, 0.1) is 19.8 Å². The monoisotopic (exact) mass is 628 g/mol. The number of unbranched alkanes of at least 4 members (excludes halogenated alkanes) is 15. The first kappa shape index (κ1) is 40.7. The summed E-state index contributed by atoms with van der Waals surface area (Å²) < 4.78 is 21.7. The minimum atomic E-state index is -1.53. The van der Waals surface area contributed by atoms with Crippen molar-refractivity contribution in [1.82, 2.24) is 0 Å². The van der Waals surface area contributed by atoms with E-state index in [-0.39, 0.29) is 13.2 Å². The number of hydrogen-bond acceptors (Lipinski definition) is 9. The van der Waals surface area contributed by atoms with E-state index in [4.69, 9.17) is 18.9 Å². The van der Waals surface area contributed by atoms with Gasteiger partial charge in [0.15, 0.2) is 6.29 Å². The number of allylic oxidation sites excluding steroid dienone is 4. The first-order chi connectivity index (χ1) is 21.4. The molecular weight excluding hydrogens is 564 g/mol. The number of hydrogen-bond donors (Lipinski definition) is 4. The molecule has 44 heavy (non-hydrogen) atoms. The van der Waals surface area contributed by atoms with Crippen molar-refractivity contribution >= 4 is 5.97 Å². The molecule has 0 amide bonds. The first-order valence-electron chi connectivity index (χ1n) is 17.4. The highest BCUT2D eigenvalue weighted by Crippen LogP contribution is 2.22. The van der Waals surface area contributed by atoms with Crippen molar-refractivity contribution < 1.29 is 44.2 Å². The van der Waals surface area contributed by atoms with E-state index in [1.165, 1.54) is 103 Å². The number of esters is 1. The maximum absolute atomic E-state index is 11.5. The normalized spacial score (nSPS) is 23.1. The molecule has 4 N–H and O–H groups in total. The van der Waals surface area contributed by atoms with Gasteiger partial charge in [-0.05, 0) is 38.5 Å². The van der Waals surface area contributed by atoms with E-state index in [1.807, 2.05) is 0 Å². The number of carbonyl (C=O) groups excluding carboxylic acids is 1. The lowest BCUT2D eigenvalue weighted by atomic mass is 9.99. The Hall–Kier alpha value is -1.33. The van der Waals surface area contributed by atoms with E-state index in [2.05, 4.69) is 31.2 Å². The molecule has 6 atom stereocenters. The van der Waals surface area contributed by atoms with Crippen LogP contribution in [0.4, 0.5) is 0 Å². The highest BCUT2D eigenvalue weighted by atomic mass is 16.7. The second kappa shape index (κ2) is 27.9. The molecule has 6 unspecified atom stereocenters. The Labute approximate surface area is 267 Å². The molecule has 9 nitrogen and oxygen atoms in total. The average Bonchev–Trinajstić information content (AvgIpc) is 3.01. The lowest BCUT2D eigenvalue weighted by molar-refractivity contribution is -0.305. The van der Waals surface area contributed by atoms with E-state index < -0.39 is 49.4 Å². The molecule has 0 spiro atoms. The van der Waals surface area contributed by atoms with Gasteiger partial charge in [-0.2, -0.15) is 0 Å².